The summed E-state index contributed by atoms with van der Waals surface area (Å²) in [5, 5.41) is 3.36. The summed E-state index contributed by atoms with van der Waals surface area (Å²) < 4.78 is 40.7. The predicted octanol–water partition coefficient (Wildman–Crippen LogP) is 3.16. The van der Waals surface area contributed by atoms with Gasteiger partial charge in [0, 0.05) is 12.6 Å². The lowest BCUT2D eigenvalue weighted by atomic mass is 10.1. The number of rotatable bonds is 4. The van der Waals surface area contributed by atoms with Crippen LogP contribution in [0.2, 0.25) is 0 Å². The van der Waals surface area contributed by atoms with Crippen LogP contribution in [0, 0.1) is 0 Å². The van der Waals surface area contributed by atoms with E-state index in [1.807, 2.05) is 13.1 Å². The van der Waals surface area contributed by atoms with E-state index in [0.717, 1.165) is 37.9 Å². The summed E-state index contributed by atoms with van der Waals surface area (Å²) in [5.74, 6) is -0.157. The zero-order valence-electron chi connectivity index (χ0n) is 12.1. The standard InChI is InChI=1S/C15H21F3N2O/c1-20(13-5-3-8-19-9-7-13)11-12-4-2-6-14(10-12)21-15(16,17)18/h2,4,6,10,13,19H,3,5,7-9,11H2,1H3. The van der Waals surface area contributed by atoms with Crippen molar-refractivity contribution in [2.24, 2.45) is 0 Å². The van der Waals surface area contributed by atoms with E-state index in [4.69, 9.17) is 0 Å². The van der Waals surface area contributed by atoms with Crippen LogP contribution in [0.15, 0.2) is 24.3 Å². The lowest BCUT2D eigenvalue weighted by Crippen LogP contribution is -2.32. The van der Waals surface area contributed by atoms with E-state index in [1.165, 1.54) is 12.1 Å². The number of halogens is 3. The first-order valence-corrected chi connectivity index (χ1v) is 7.20. The van der Waals surface area contributed by atoms with Gasteiger partial charge in [-0.05, 0) is 57.1 Å². The summed E-state index contributed by atoms with van der Waals surface area (Å²) in [6, 6.07) is 6.67. The number of alkyl halides is 3. The van der Waals surface area contributed by atoms with Gasteiger partial charge in [-0.3, -0.25) is 4.90 Å². The molecule has 0 saturated carbocycles. The molecule has 1 atom stereocenters. The summed E-state index contributed by atoms with van der Waals surface area (Å²) >= 11 is 0. The molecule has 118 valence electrons. The van der Waals surface area contributed by atoms with Crippen LogP contribution in [-0.2, 0) is 6.54 Å². The molecule has 1 unspecified atom stereocenters. The van der Waals surface area contributed by atoms with Gasteiger partial charge in [-0.1, -0.05) is 12.1 Å². The van der Waals surface area contributed by atoms with Crippen molar-refractivity contribution < 1.29 is 17.9 Å². The van der Waals surface area contributed by atoms with E-state index in [-0.39, 0.29) is 5.75 Å². The Morgan fingerprint density at radius 2 is 2.10 bits per heavy atom. The molecule has 1 heterocycles. The van der Waals surface area contributed by atoms with Gasteiger partial charge >= 0.3 is 6.36 Å². The van der Waals surface area contributed by atoms with Gasteiger partial charge in [0.05, 0.1) is 0 Å². The average molecular weight is 302 g/mol. The molecule has 1 aromatic rings. The molecular formula is C15H21F3N2O. The fourth-order valence-electron chi connectivity index (χ4n) is 2.70. The van der Waals surface area contributed by atoms with Crippen LogP contribution in [0.5, 0.6) is 5.75 Å². The normalized spacial score (nSPS) is 20.3. The van der Waals surface area contributed by atoms with Crippen LogP contribution in [0.3, 0.4) is 0 Å². The van der Waals surface area contributed by atoms with E-state index in [9.17, 15) is 13.2 Å². The number of nitrogens with one attached hydrogen (secondary N) is 1. The fraction of sp³-hybridized carbons (Fsp3) is 0.600. The Balaban J connectivity index is 1.96. The summed E-state index contributed by atoms with van der Waals surface area (Å²) in [6.45, 7) is 2.66. The van der Waals surface area contributed by atoms with Gasteiger partial charge in [0.2, 0.25) is 0 Å². The van der Waals surface area contributed by atoms with Gasteiger partial charge in [0.25, 0.3) is 0 Å². The summed E-state index contributed by atoms with van der Waals surface area (Å²) in [4.78, 5) is 2.21. The third kappa shape index (κ3) is 5.55. The molecule has 1 N–H and O–H groups in total. The van der Waals surface area contributed by atoms with Crippen molar-refractivity contribution in [2.75, 3.05) is 20.1 Å². The first-order valence-electron chi connectivity index (χ1n) is 7.20. The third-order valence-corrected chi connectivity index (χ3v) is 3.73. The second-order valence-corrected chi connectivity index (χ2v) is 5.45. The largest absolute Gasteiger partial charge is 0.573 e. The maximum Gasteiger partial charge on any atom is 0.573 e. The Kier molecular flexibility index (Phi) is 5.47. The number of nitrogens with zero attached hydrogens (tertiary/aromatic N) is 1. The van der Waals surface area contributed by atoms with Crippen LogP contribution >= 0.6 is 0 Å². The van der Waals surface area contributed by atoms with Crippen LogP contribution in [0.25, 0.3) is 0 Å². The highest BCUT2D eigenvalue weighted by molar-refractivity contribution is 5.28. The Hall–Kier alpha value is -1.27. The molecule has 6 heteroatoms. The van der Waals surface area contributed by atoms with E-state index >= 15 is 0 Å². The number of ether oxygens (including phenoxy) is 1. The van der Waals surface area contributed by atoms with Gasteiger partial charge in [-0.15, -0.1) is 13.2 Å². The average Bonchev–Trinajstić information content (AvgIpc) is 2.65. The van der Waals surface area contributed by atoms with Crippen molar-refractivity contribution in [3.05, 3.63) is 29.8 Å². The smallest absolute Gasteiger partial charge is 0.406 e. The van der Waals surface area contributed by atoms with Gasteiger partial charge in [0.1, 0.15) is 5.75 Å². The minimum atomic E-state index is -4.64. The molecule has 0 radical (unpaired) electrons. The van der Waals surface area contributed by atoms with E-state index in [1.54, 1.807) is 6.07 Å². The van der Waals surface area contributed by atoms with Gasteiger partial charge < -0.3 is 10.1 Å². The highest BCUT2D eigenvalue weighted by Crippen LogP contribution is 2.24. The summed E-state index contributed by atoms with van der Waals surface area (Å²) in [6.07, 6.45) is -1.33. The van der Waals surface area contributed by atoms with E-state index in [0.29, 0.717) is 12.6 Å². The van der Waals surface area contributed by atoms with Crippen molar-refractivity contribution in [1.29, 1.82) is 0 Å². The number of hydrogen-bond donors (Lipinski definition) is 1. The van der Waals surface area contributed by atoms with Crippen LogP contribution in [0.4, 0.5) is 13.2 Å². The number of hydrogen-bond acceptors (Lipinski definition) is 3. The van der Waals surface area contributed by atoms with E-state index in [2.05, 4.69) is 15.0 Å². The van der Waals surface area contributed by atoms with Crippen molar-refractivity contribution in [2.45, 2.75) is 38.2 Å². The number of benzene rings is 1. The molecule has 1 fully saturated rings. The minimum Gasteiger partial charge on any atom is -0.406 e. The highest BCUT2D eigenvalue weighted by atomic mass is 19.4. The molecule has 2 rings (SSSR count). The molecule has 0 aromatic heterocycles. The Morgan fingerprint density at radius 3 is 2.86 bits per heavy atom. The lowest BCUT2D eigenvalue weighted by molar-refractivity contribution is -0.274. The Bertz CT molecular complexity index is 443. The summed E-state index contributed by atoms with van der Waals surface area (Å²) in [7, 11) is 2.02. The predicted molar refractivity (Wildman–Crippen MR) is 75.1 cm³/mol. The Morgan fingerprint density at radius 1 is 1.29 bits per heavy atom. The van der Waals surface area contributed by atoms with Crippen LogP contribution < -0.4 is 10.1 Å². The molecule has 21 heavy (non-hydrogen) atoms. The third-order valence-electron chi connectivity index (χ3n) is 3.73. The molecule has 0 spiro atoms. The zero-order valence-corrected chi connectivity index (χ0v) is 12.1. The molecule has 1 aliphatic rings. The van der Waals surface area contributed by atoms with E-state index < -0.39 is 6.36 Å². The topological polar surface area (TPSA) is 24.5 Å². The molecular weight excluding hydrogens is 281 g/mol. The van der Waals surface area contributed by atoms with Crippen molar-refractivity contribution in [1.82, 2.24) is 10.2 Å². The first kappa shape index (κ1) is 16.1. The quantitative estimate of drug-likeness (QED) is 0.924. The maximum atomic E-state index is 12.2. The van der Waals surface area contributed by atoms with Gasteiger partial charge in [-0.2, -0.15) is 0 Å². The highest BCUT2D eigenvalue weighted by Gasteiger charge is 2.31. The monoisotopic (exact) mass is 302 g/mol. The van der Waals surface area contributed by atoms with Crippen LogP contribution in [-0.4, -0.2) is 37.4 Å². The first-order chi connectivity index (χ1) is 9.94. The van der Waals surface area contributed by atoms with Gasteiger partial charge in [0.15, 0.2) is 0 Å². The zero-order chi connectivity index (χ0) is 15.3. The lowest BCUT2D eigenvalue weighted by Gasteiger charge is -2.27. The molecule has 3 nitrogen and oxygen atoms in total. The van der Waals surface area contributed by atoms with Crippen LogP contribution in [0.1, 0.15) is 24.8 Å². The minimum absolute atomic E-state index is 0.157. The molecule has 1 aromatic carbocycles. The molecule has 1 saturated heterocycles. The fourth-order valence-corrected chi connectivity index (χ4v) is 2.70. The molecule has 0 bridgehead atoms. The molecule has 0 aliphatic carbocycles. The van der Waals surface area contributed by atoms with Crippen molar-refractivity contribution in [3.63, 3.8) is 0 Å². The second kappa shape index (κ2) is 7.13. The van der Waals surface area contributed by atoms with Crippen molar-refractivity contribution in [3.8, 4) is 5.75 Å². The maximum absolute atomic E-state index is 12.2. The SMILES string of the molecule is CN(Cc1cccc(OC(F)(F)F)c1)C1CCCNCC1. The van der Waals surface area contributed by atoms with Crippen molar-refractivity contribution >= 4 is 0 Å². The van der Waals surface area contributed by atoms with Gasteiger partial charge in [-0.25, -0.2) is 0 Å². The second-order valence-electron chi connectivity index (χ2n) is 5.45. The Labute approximate surface area is 123 Å². The molecule has 1 aliphatic heterocycles. The summed E-state index contributed by atoms with van der Waals surface area (Å²) in [5.41, 5.74) is 0.830. The molecule has 0 amide bonds.